The Bertz CT molecular complexity index is 117. The molecule has 0 atom stereocenters. The zero-order valence-corrected chi connectivity index (χ0v) is 8.67. The third-order valence-electron chi connectivity index (χ3n) is 1.72. The van der Waals surface area contributed by atoms with Crippen molar-refractivity contribution in [3.63, 3.8) is 0 Å². The number of hydrogen-bond acceptors (Lipinski definition) is 3. The summed E-state index contributed by atoms with van der Waals surface area (Å²) in [6, 6.07) is 0. The largest absolute Gasteiger partial charge is 1.00 e. The van der Waals surface area contributed by atoms with Crippen molar-refractivity contribution in [1.82, 2.24) is 0 Å². The van der Waals surface area contributed by atoms with Crippen LogP contribution in [0.1, 0.15) is 45.4 Å². The Labute approximate surface area is 92.0 Å². The Morgan fingerprint density at radius 2 is 1.69 bits per heavy atom. The van der Waals surface area contributed by atoms with E-state index in [1.807, 2.05) is 0 Å². The third-order valence-corrected chi connectivity index (χ3v) is 1.72. The van der Waals surface area contributed by atoms with Crippen LogP contribution in [0, 0.1) is 0 Å². The standard InChI is InChI=1S/C9H18O3.Li/c1-2-3-4-5-6-7-8-12-9(10)11;/h2-8H2,1H3,(H,10,11);/q;+1/p-1. The predicted molar refractivity (Wildman–Crippen MR) is 44.7 cm³/mol. The van der Waals surface area contributed by atoms with Crippen molar-refractivity contribution in [2.45, 2.75) is 45.4 Å². The summed E-state index contributed by atoms with van der Waals surface area (Å²) in [5.74, 6) is 0. The molecule has 72 valence electrons. The van der Waals surface area contributed by atoms with Gasteiger partial charge in [-0.25, -0.2) is 0 Å². The Balaban J connectivity index is 0. The van der Waals surface area contributed by atoms with E-state index in [1.165, 1.54) is 25.7 Å². The molecule has 0 aliphatic rings. The van der Waals surface area contributed by atoms with Crippen LogP contribution in [0.15, 0.2) is 0 Å². The summed E-state index contributed by atoms with van der Waals surface area (Å²) in [6.45, 7) is 2.45. The predicted octanol–water partition coefficient (Wildman–Crippen LogP) is -1.29. The van der Waals surface area contributed by atoms with Crippen LogP contribution < -0.4 is 24.0 Å². The average molecular weight is 180 g/mol. The second-order valence-corrected chi connectivity index (χ2v) is 2.87. The summed E-state index contributed by atoms with van der Waals surface area (Å²) >= 11 is 0. The molecule has 0 bridgehead atoms. The molecular formula is C9H17LiO3. The zero-order chi connectivity index (χ0) is 9.23. The molecule has 13 heavy (non-hydrogen) atoms. The van der Waals surface area contributed by atoms with Gasteiger partial charge in [-0.1, -0.05) is 39.0 Å². The molecule has 0 aromatic carbocycles. The number of rotatable bonds is 7. The van der Waals surface area contributed by atoms with E-state index in [1.54, 1.807) is 0 Å². The summed E-state index contributed by atoms with van der Waals surface area (Å²) in [4.78, 5) is 9.80. The molecule has 0 spiro atoms. The van der Waals surface area contributed by atoms with Gasteiger partial charge in [0.2, 0.25) is 0 Å². The zero-order valence-electron chi connectivity index (χ0n) is 8.67. The Morgan fingerprint density at radius 3 is 2.23 bits per heavy atom. The molecule has 0 N–H and O–H groups in total. The van der Waals surface area contributed by atoms with E-state index in [2.05, 4.69) is 11.7 Å². The number of carbonyl (C=O) groups excluding carboxylic acids is 1. The van der Waals surface area contributed by atoms with E-state index < -0.39 is 6.16 Å². The summed E-state index contributed by atoms with van der Waals surface area (Å²) in [5.41, 5.74) is 0. The number of unbranched alkanes of at least 4 members (excludes halogenated alkanes) is 5. The first-order valence-electron chi connectivity index (χ1n) is 4.61. The third kappa shape index (κ3) is 14.7. The van der Waals surface area contributed by atoms with E-state index in [0.717, 1.165) is 12.8 Å². The summed E-state index contributed by atoms with van der Waals surface area (Å²) < 4.78 is 4.25. The molecule has 0 unspecified atom stereocenters. The quantitative estimate of drug-likeness (QED) is 0.278. The topological polar surface area (TPSA) is 49.4 Å². The Morgan fingerprint density at radius 1 is 1.15 bits per heavy atom. The Hall–Kier alpha value is -0.133. The van der Waals surface area contributed by atoms with Crippen LogP contribution in [0.25, 0.3) is 0 Å². The second-order valence-electron chi connectivity index (χ2n) is 2.87. The number of carboxylic acid groups (broad SMARTS) is 1. The van der Waals surface area contributed by atoms with Crippen LogP contribution in [0.4, 0.5) is 4.79 Å². The molecule has 4 heteroatoms. The molecule has 0 heterocycles. The SMILES string of the molecule is CCCCCCCCOC(=O)[O-].[Li+]. The van der Waals surface area contributed by atoms with Crippen molar-refractivity contribution in [1.29, 1.82) is 0 Å². The fourth-order valence-electron chi connectivity index (χ4n) is 1.04. The van der Waals surface area contributed by atoms with Crippen LogP contribution in [0.5, 0.6) is 0 Å². The van der Waals surface area contributed by atoms with Crippen molar-refractivity contribution in [3.8, 4) is 0 Å². The van der Waals surface area contributed by atoms with E-state index in [9.17, 15) is 9.90 Å². The molecule has 0 saturated heterocycles. The minimum absolute atomic E-state index is 0. The summed E-state index contributed by atoms with van der Waals surface area (Å²) in [7, 11) is 0. The molecule has 0 amide bonds. The van der Waals surface area contributed by atoms with Crippen molar-refractivity contribution >= 4 is 6.16 Å². The van der Waals surface area contributed by atoms with E-state index in [4.69, 9.17) is 0 Å². The molecule has 0 aliphatic carbocycles. The van der Waals surface area contributed by atoms with Crippen LogP contribution in [0.3, 0.4) is 0 Å². The van der Waals surface area contributed by atoms with Gasteiger partial charge in [0.05, 0.1) is 0 Å². The van der Waals surface area contributed by atoms with E-state index in [0.29, 0.717) is 0 Å². The van der Waals surface area contributed by atoms with E-state index in [-0.39, 0.29) is 25.5 Å². The normalized spacial score (nSPS) is 9.00. The second kappa shape index (κ2) is 11.9. The van der Waals surface area contributed by atoms with Gasteiger partial charge in [0.15, 0.2) is 0 Å². The van der Waals surface area contributed by atoms with Crippen LogP contribution in [0.2, 0.25) is 0 Å². The maximum atomic E-state index is 9.80. The average Bonchev–Trinajstić information content (AvgIpc) is 2.02. The molecular weight excluding hydrogens is 163 g/mol. The Kier molecular flexibility index (Phi) is 14.0. The van der Waals surface area contributed by atoms with Crippen LogP contribution in [-0.2, 0) is 4.74 Å². The number of ether oxygens (including phenoxy) is 1. The molecule has 0 aromatic rings. The molecule has 3 nitrogen and oxygen atoms in total. The molecule has 0 radical (unpaired) electrons. The van der Waals surface area contributed by atoms with Gasteiger partial charge < -0.3 is 14.6 Å². The van der Waals surface area contributed by atoms with Gasteiger partial charge in [0, 0.05) is 6.61 Å². The fourth-order valence-corrected chi connectivity index (χ4v) is 1.04. The van der Waals surface area contributed by atoms with Crippen molar-refractivity contribution in [2.24, 2.45) is 0 Å². The van der Waals surface area contributed by atoms with Crippen molar-refractivity contribution < 1.29 is 33.5 Å². The molecule has 0 aromatic heterocycles. The van der Waals surface area contributed by atoms with Gasteiger partial charge in [-0.2, -0.15) is 0 Å². The van der Waals surface area contributed by atoms with Gasteiger partial charge in [0.25, 0.3) is 6.16 Å². The van der Waals surface area contributed by atoms with Crippen molar-refractivity contribution in [3.05, 3.63) is 0 Å². The monoisotopic (exact) mass is 180 g/mol. The van der Waals surface area contributed by atoms with E-state index >= 15 is 0 Å². The first-order valence-corrected chi connectivity index (χ1v) is 4.61. The number of hydrogen-bond donors (Lipinski definition) is 0. The molecule has 0 saturated carbocycles. The van der Waals surface area contributed by atoms with Crippen molar-refractivity contribution in [2.75, 3.05) is 6.61 Å². The molecule has 0 fully saturated rings. The summed E-state index contributed by atoms with van der Waals surface area (Å²) in [6.07, 6.45) is 5.36. The molecule has 0 aliphatic heterocycles. The van der Waals surface area contributed by atoms with Gasteiger partial charge in [0.1, 0.15) is 0 Å². The smallest absolute Gasteiger partial charge is 0.550 e. The first-order chi connectivity index (χ1) is 5.77. The van der Waals surface area contributed by atoms with Gasteiger partial charge >= 0.3 is 18.9 Å². The van der Waals surface area contributed by atoms with Crippen LogP contribution in [-0.4, -0.2) is 12.8 Å². The van der Waals surface area contributed by atoms with Gasteiger partial charge in [-0.05, 0) is 6.42 Å². The fraction of sp³-hybridized carbons (Fsp3) is 0.889. The van der Waals surface area contributed by atoms with Gasteiger partial charge in [-0.15, -0.1) is 0 Å². The van der Waals surface area contributed by atoms with Crippen LogP contribution >= 0.6 is 0 Å². The first kappa shape index (κ1) is 15.3. The molecule has 0 rings (SSSR count). The maximum Gasteiger partial charge on any atom is 1.00 e. The van der Waals surface area contributed by atoms with Gasteiger partial charge in [-0.3, -0.25) is 0 Å². The minimum atomic E-state index is -1.41. The maximum absolute atomic E-state index is 9.80. The minimum Gasteiger partial charge on any atom is -0.550 e. The number of carbonyl (C=O) groups is 1. The summed E-state index contributed by atoms with van der Waals surface area (Å²) in [5, 5.41) is 9.80.